The highest BCUT2D eigenvalue weighted by atomic mass is 127. The topological polar surface area (TPSA) is 96.3 Å². The number of ether oxygens (including phenoxy) is 2. The third-order valence-corrected chi connectivity index (χ3v) is 8.48. The molecule has 0 spiro atoms. The van der Waals surface area contributed by atoms with Gasteiger partial charge < -0.3 is 19.7 Å². The molecular formula is C26H28INO6. The van der Waals surface area contributed by atoms with Crippen molar-refractivity contribution in [3.63, 3.8) is 0 Å². The minimum atomic E-state index is -1.50. The molecule has 1 aliphatic carbocycles. The van der Waals surface area contributed by atoms with Crippen molar-refractivity contribution in [2.24, 2.45) is 23.7 Å². The van der Waals surface area contributed by atoms with Crippen LogP contribution in [0.2, 0.25) is 0 Å². The molecule has 2 saturated heterocycles. The third-order valence-electron chi connectivity index (χ3n) is 7.66. The highest BCUT2D eigenvalue weighted by Gasteiger charge is 2.66. The molecule has 34 heavy (non-hydrogen) atoms. The van der Waals surface area contributed by atoms with Gasteiger partial charge in [-0.15, -0.1) is 0 Å². The average Bonchev–Trinajstić information content (AvgIpc) is 3.31. The van der Waals surface area contributed by atoms with Gasteiger partial charge in [0.25, 0.3) is 0 Å². The average molecular weight is 577 g/mol. The Bertz CT molecular complexity index is 1120. The minimum Gasteiger partial charge on any atom is -0.504 e. The molecule has 8 heteroatoms. The maximum atomic E-state index is 13.6. The van der Waals surface area contributed by atoms with Crippen molar-refractivity contribution in [2.75, 3.05) is 12.0 Å². The van der Waals surface area contributed by atoms with E-state index in [2.05, 4.69) is 0 Å². The van der Waals surface area contributed by atoms with E-state index in [0.717, 1.165) is 12.0 Å². The fourth-order valence-corrected chi connectivity index (χ4v) is 6.76. The van der Waals surface area contributed by atoms with Crippen LogP contribution in [0, 0.1) is 27.2 Å². The maximum Gasteiger partial charge on any atom is 0.238 e. The Kier molecular flexibility index (Phi) is 6.10. The van der Waals surface area contributed by atoms with Crippen molar-refractivity contribution in [2.45, 2.75) is 44.5 Å². The van der Waals surface area contributed by atoms with E-state index >= 15 is 0 Å². The molecule has 1 saturated carbocycles. The largest absolute Gasteiger partial charge is 0.504 e. The molecule has 2 aliphatic heterocycles. The van der Waals surface area contributed by atoms with Crippen LogP contribution >= 0.6 is 22.6 Å². The van der Waals surface area contributed by atoms with Crippen LogP contribution in [0.25, 0.3) is 0 Å². The van der Waals surface area contributed by atoms with Crippen molar-refractivity contribution >= 4 is 40.1 Å². The Labute approximate surface area is 212 Å². The number of rotatable bonds is 5. The monoisotopic (exact) mass is 577 g/mol. The van der Waals surface area contributed by atoms with Crippen LogP contribution < -0.4 is 9.64 Å². The van der Waals surface area contributed by atoms with Crippen LogP contribution in [0.4, 0.5) is 5.69 Å². The number of para-hydroxylation sites is 1. The van der Waals surface area contributed by atoms with E-state index in [-0.39, 0.29) is 23.5 Å². The van der Waals surface area contributed by atoms with Gasteiger partial charge in [-0.05, 0) is 71.7 Å². The van der Waals surface area contributed by atoms with Crippen LogP contribution in [0.1, 0.15) is 44.3 Å². The zero-order valence-electron chi connectivity index (χ0n) is 19.1. The molecule has 180 valence electrons. The zero-order valence-corrected chi connectivity index (χ0v) is 21.3. The van der Waals surface area contributed by atoms with Gasteiger partial charge in [-0.2, -0.15) is 0 Å². The molecule has 2 heterocycles. The molecule has 2 aromatic carbocycles. The molecule has 0 bridgehead atoms. The second kappa shape index (κ2) is 8.80. The Morgan fingerprint density at radius 2 is 1.91 bits per heavy atom. The number of carbonyl (C=O) groups is 2. The van der Waals surface area contributed by atoms with Gasteiger partial charge in [0.15, 0.2) is 17.3 Å². The van der Waals surface area contributed by atoms with E-state index in [1.54, 1.807) is 18.2 Å². The van der Waals surface area contributed by atoms with Gasteiger partial charge in [-0.25, -0.2) is 0 Å². The van der Waals surface area contributed by atoms with E-state index in [9.17, 15) is 19.8 Å². The minimum absolute atomic E-state index is 0.0555. The first-order valence-electron chi connectivity index (χ1n) is 11.7. The number of aromatic hydroxyl groups is 1. The Morgan fingerprint density at radius 1 is 1.18 bits per heavy atom. The molecule has 0 aromatic heterocycles. The second-order valence-corrected chi connectivity index (χ2v) is 10.6. The summed E-state index contributed by atoms with van der Waals surface area (Å²) in [5.41, 5.74) is 1.33. The number of amides is 2. The Hall–Kier alpha value is -2.17. The summed E-state index contributed by atoms with van der Waals surface area (Å²) in [5, 5.41) is 22.2. The summed E-state index contributed by atoms with van der Waals surface area (Å²) in [5.74, 6) is -3.41. The SMILES string of the molecule is CCC[C@H]1C[C@@H]2C(=O)N(c3ccccc3)C(=O)[C@@H]2[C@@H]2C[C@@H](c3cc(I)c(O)c(OC)c3)O[C@]12O. The number of carbonyl (C=O) groups excluding carboxylic acids is 2. The van der Waals surface area contributed by atoms with Crippen LogP contribution in [0.15, 0.2) is 42.5 Å². The fourth-order valence-electron chi connectivity index (χ4n) is 6.13. The first-order chi connectivity index (χ1) is 16.3. The smallest absolute Gasteiger partial charge is 0.238 e. The summed E-state index contributed by atoms with van der Waals surface area (Å²) in [6.45, 7) is 2.04. The predicted octanol–water partition coefficient (Wildman–Crippen LogP) is 4.40. The summed E-state index contributed by atoms with van der Waals surface area (Å²) in [6.07, 6.45) is 1.88. The lowest BCUT2D eigenvalue weighted by Crippen LogP contribution is -2.53. The summed E-state index contributed by atoms with van der Waals surface area (Å²) in [6, 6.07) is 12.5. The van der Waals surface area contributed by atoms with Crippen LogP contribution in [-0.4, -0.2) is 34.9 Å². The standard InChI is InChI=1S/C26H28INO6/c1-3-7-15-12-17-22(25(31)28(24(17)30)16-8-5-4-6-9-16)18-13-20(34-26(15,18)32)14-10-19(27)23(29)21(11-14)33-2/h4-6,8-11,15,17-18,20,22,29,32H,3,7,12-13H2,1-2H3/t15-,17-,18-,20-,22-,26+/m0/s1. The number of aliphatic hydroxyl groups is 1. The molecular weight excluding hydrogens is 549 g/mol. The predicted molar refractivity (Wildman–Crippen MR) is 133 cm³/mol. The van der Waals surface area contributed by atoms with Gasteiger partial charge >= 0.3 is 0 Å². The van der Waals surface area contributed by atoms with Gasteiger partial charge in [0, 0.05) is 11.8 Å². The van der Waals surface area contributed by atoms with Crippen LogP contribution in [0.3, 0.4) is 0 Å². The second-order valence-electron chi connectivity index (χ2n) is 9.46. The molecule has 3 fully saturated rings. The van der Waals surface area contributed by atoms with Crippen LogP contribution in [0.5, 0.6) is 11.5 Å². The summed E-state index contributed by atoms with van der Waals surface area (Å²) in [7, 11) is 1.49. The number of phenols is 1. The summed E-state index contributed by atoms with van der Waals surface area (Å²) >= 11 is 2.03. The van der Waals surface area contributed by atoms with Gasteiger partial charge in [0.05, 0.1) is 34.3 Å². The first-order valence-corrected chi connectivity index (χ1v) is 12.8. The van der Waals surface area contributed by atoms with Crippen molar-refractivity contribution in [3.05, 3.63) is 51.6 Å². The van der Waals surface area contributed by atoms with Crippen molar-refractivity contribution in [1.82, 2.24) is 0 Å². The van der Waals surface area contributed by atoms with Crippen LogP contribution in [-0.2, 0) is 14.3 Å². The molecule has 5 rings (SSSR count). The van der Waals surface area contributed by atoms with E-state index in [4.69, 9.17) is 9.47 Å². The van der Waals surface area contributed by atoms with Crippen molar-refractivity contribution in [3.8, 4) is 11.5 Å². The lowest BCUT2D eigenvalue weighted by Gasteiger charge is -2.44. The molecule has 0 radical (unpaired) electrons. The molecule has 2 amide bonds. The van der Waals surface area contributed by atoms with E-state index < -0.39 is 29.6 Å². The van der Waals surface area contributed by atoms with Crippen molar-refractivity contribution in [1.29, 1.82) is 0 Å². The Balaban J connectivity index is 1.54. The zero-order chi connectivity index (χ0) is 24.2. The highest BCUT2D eigenvalue weighted by molar-refractivity contribution is 14.1. The normalized spacial score (nSPS) is 32.6. The molecule has 0 unspecified atom stereocenters. The molecule has 2 N–H and O–H groups in total. The van der Waals surface area contributed by atoms with Gasteiger partial charge in [-0.1, -0.05) is 31.5 Å². The van der Waals surface area contributed by atoms with Crippen molar-refractivity contribution < 1.29 is 29.3 Å². The number of fused-ring (bicyclic) bond motifs is 3. The fraction of sp³-hybridized carbons (Fsp3) is 0.462. The lowest BCUT2D eigenvalue weighted by atomic mass is 9.63. The number of hydrogen-bond acceptors (Lipinski definition) is 6. The van der Waals surface area contributed by atoms with E-state index in [1.165, 1.54) is 12.0 Å². The first kappa shape index (κ1) is 23.6. The highest BCUT2D eigenvalue weighted by Crippen LogP contribution is 2.59. The Morgan fingerprint density at radius 3 is 2.59 bits per heavy atom. The molecule has 3 aliphatic rings. The molecule has 6 atom stereocenters. The number of methoxy groups -OCH3 is 1. The lowest BCUT2D eigenvalue weighted by molar-refractivity contribution is -0.270. The van der Waals surface area contributed by atoms with E-state index in [0.29, 0.717) is 34.3 Å². The third kappa shape index (κ3) is 3.53. The van der Waals surface area contributed by atoms with Gasteiger partial charge in [0.2, 0.25) is 11.8 Å². The number of anilines is 1. The number of halogens is 1. The van der Waals surface area contributed by atoms with Gasteiger partial charge in [-0.3, -0.25) is 14.5 Å². The molecule has 7 nitrogen and oxygen atoms in total. The summed E-state index contributed by atoms with van der Waals surface area (Å²) < 4.78 is 12.3. The number of hydrogen-bond donors (Lipinski definition) is 2. The van der Waals surface area contributed by atoms with E-state index in [1.807, 2.05) is 53.8 Å². The molecule has 2 aromatic rings. The number of phenolic OH excluding ortho intramolecular Hbond substituents is 1. The number of nitrogens with zero attached hydrogens (tertiary/aromatic N) is 1. The number of imide groups is 1. The number of benzene rings is 2. The quantitative estimate of drug-likeness (QED) is 0.404. The van der Waals surface area contributed by atoms with Gasteiger partial charge in [0.1, 0.15) is 0 Å². The maximum absolute atomic E-state index is 13.6. The summed E-state index contributed by atoms with van der Waals surface area (Å²) in [4.78, 5) is 28.4.